The van der Waals surface area contributed by atoms with Crippen molar-refractivity contribution in [3.05, 3.63) is 156 Å². The highest BCUT2D eigenvalue weighted by atomic mass is 16.5. The molecule has 0 aliphatic carbocycles. The molecule has 0 unspecified atom stereocenters. The highest BCUT2D eigenvalue weighted by molar-refractivity contribution is 5.86. The van der Waals surface area contributed by atoms with Crippen molar-refractivity contribution < 1.29 is 24.2 Å². The maximum atomic E-state index is 11.7. The maximum Gasteiger partial charge on any atom is 0.307 e. The van der Waals surface area contributed by atoms with Crippen molar-refractivity contribution in [2.24, 2.45) is 0 Å². The van der Waals surface area contributed by atoms with E-state index in [1.807, 2.05) is 115 Å². The van der Waals surface area contributed by atoms with Gasteiger partial charge in [-0.3, -0.25) is 9.59 Å². The van der Waals surface area contributed by atoms with Gasteiger partial charge in [0.15, 0.2) is 11.3 Å². The Morgan fingerprint density at radius 3 is 1.45 bits per heavy atom. The number of amides is 1. The van der Waals surface area contributed by atoms with E-state index in [2.05, 4.69) is 35.2 Å². The number of nitrogens with zero attached hydrogens (tertiary/aromatic N) is 4. The second kappa shape index (κ2) is 18.1. The van der Waals surface area contributed by atoms with Crippen LogP contribution in [-0.4, -0.2) is 53.9 Å². The van der Waals surface area contributed by atoms with Crippen LogP contribution in [0.5, 0.6) is 11.5 Å². The summed E-state index contributed by atoms with van der Waals surface area (Å²) >= 11 is 0. The van der Waals surface area contributed by atoms with Crippen LogP contribution in [-0.2, 0) is 35.6 Å². The van der Waals surface area contributed by atoms with Gasteiger partial charge in [-0.05, 0) is 82.9 Å². The Labute approximate surface area is 323 Å². The number of ether oxygens (including phenoxy) is 2. The number of nitrogens with one attached hydrogen (secondary N) is 3. The molecule has 0 radical (unpaired) electrons. The van der Waals surface area contributed by atoms with Gasteiger partial charge in [-0.15, -0.1) is 0 Å². The molecule has 0 aliphatic rings. The van der Waals surface area contributed by atoms with Crippen molar-refractivity contribution in [1.82, 2.24) is 35.2 Å². The largest absolute Gasteiger partial charge is 0.489 e. The Balaban J connectivity index is 0.000000187. The lowest BCUT2D eigenvalue weighted by Gasteiger charge is -2.06. The molecule has 56 heavy (non-hydrogen) atoms. The molecule has 0 fully saturated rings. The molecule has 8 aromatic rings. The lowest BCUT2D eigenvalue weighted by Crippen LogP contribution is -2.20. The third kappa shape index (κ3) is 9.60. The number of likely N-dealkylation sites (N-methyl/N-ethyl adjacent to an activating group) is 1. The zero-order valence-electron chi connectivity index (χ0n) is 29.9. The van der Waals surface area contributed by atoms with Crippen LogP contribution in [0.15, 0.2) is 134 Å². The van der Waals surface area contributed by atoms with E-state index in [0.29, 0.717) is 47.2 Å². The third-order valence-corrected chi connectivity index (χ3v) is 8.68. The van der Waals surface area contributed by atoms with Crippen molar-refractivity contribution in [1.29, 1.82) is 0 Å². The van der Waals surface area contributed by atoms with Gasteiger partial charge in [0.25, 0.3) is 0 Å². The van der Waals surface area contributed by atoms with Crippen LogP contribution < -0.4 is 14.8 Å². The van der Waals surface area contributed by atoms with Crippen LogP contribution in [0, 0.1) is 0 Å². The van der Waals surface area contributed by atoms with Gasteiger partial charge >= 0.3 is 5.97 Å². The number of carboxylic acid groups (broad SMARTS) is 1. The molecular weight excluding hydrogens is 707 g/mol. The second-order valence-electron chi connectivity index (χ2n) is 12.5. The first-order chi connectivity index (χ1) is 26.9. The Bertz CT molecular complexity index is 2520. The zero-order chi connectivity index (χ0) is 38.0. The Morgan fingerprint density at radius 2 is 1.04 bits per heavy atom. The summed E-state index contributed by atoms with van der Waals surface area (Å²) in [5.74, 6) is 1.97. The number of aromatic nitrogens is 6. The van der Waals surface area contributed by atoms with Crippen LogP contribution in [0.3, 0.4) is 0 Å². The summed E-state index contributed by atoms with van der Waals surface area (Å²) in [6, 6.07) is 38.9. The van der Waals surface area contributed by atoms with Crippen molar-refractivity contribution in [3.8, 4) is 34.3 Å². The number of carbonyl (C=O) groups is 2. The summed E-state index contributed by atoms with van der Waals surface area (Å²) in [6.45, 7) is 1.03. The first-order valence-corrected chi connectivity index (χ1v) is 17.6. The number of aliphatic carboxylic acids is 1. The number of carbonyl (C=O) groups excluding carboxylic acids is 1. The zero-order valence-corrected chi connectivity index (χ0v) is 29.9. The predicted octanol–water partition coefficient (Wildman–Crippen LogP) is 7.96. The Hall–Kier alpha value is -7.34. The number of hydrogen-bond donors (Lipinski definition) is 4. The number of carboxylic acids is 1. The summed E-state index contributed by atoms with van der Waals surface area (Å²) in [5.41, 5.74) is 8.10. The van der Waals surface area contributed by atoms with Crippen LogP contribution in [0.2, 0.25) is 0 Å². The fourth-order valence-electron chi connectivity index (χ4n) is 5.82. The van der Waals surface area contributed by atoms with Crippen LogP contribution in [0.25, 0.3) is 45.1 Å². The average Bonchev–Trinajstić information content (AvgIpc) is 3.87. The topological polar surface area (TPSA) is 168 Å². The van der Waals surface area contributed by atoms with E-state index >= 15 is 0 Å². The molecule has 1 amide bonds. The normalized spacial score (nSPS) is 10.6. The van der Waals surface area contributed by atoms with Crippen LogP contribution >= 0.6 is 0 Å². The number of aromatic amines is 2. The molecule has 8 rings (SSSR count). The molecule has 0 spiro atoms. The highest BCUT2D eigenvalue weighted by Gasteiger charge is 2.14. The summed E-state index contributed by atoms with van der Waals surface area (Å²) in [5, 5.41) is 11.7. The van der Waals surface area contributed by atoms with Crippen molar-refractivity contribution in [3.63, 3.8) is 0 Å². The average molecular weight is 748 g/mol. The number of H-pyrrole nitrogens is 2. The van der Waals surface area contributed by atoms with E-state index in [1.54, 1.807) is 25.5 Å². The fraction of sp³-hybridized carbons (Fsp3) is 0.136. The molecule has 12 nitrogen and oxygen atoms in total. The molecule has 0 aliphatic heterocycles. The minimum Gasteiger partial charge on any atom is -0.489 e. The van der Waals surface area contributed by atoms with E-state index in [0.717, 1.165) is 44.8 Å². The van der Waals surface area contributed by atoms with E-state index in [4.69, 9.17) is 14.6 Å². The summed E-state index contributed by atoms with van der Waals surface area (Å²) in [4.78, 5) is 46.8. The van der Waals surface area contributed by atoms with Crippen molar-refractivity contribution in [2.75, 3.05) is 7.05 Å². The van der Waals surface area contributed by atoms with Gasteiger partial charge in [0.2, 0.25) is 5.91 Å². The van der Waals surface area contributed by atoms with Gasteiger partial charge < -0.3 is 29.9 Å². The van der Waals surface area contributed by atoms with E-state index in [9.17, 15) is 9.59 Å². The number of benzene rings is 4. The monoisotopic (exact) mass is 747 g/mol. The number of hydrogen-bond acceptors (Lipinski definition) is 8. The predicted molar refractivity (Wildman–Crippen MR) is 216 cm³/mol. The van der Waals surface area contributed by atoms with Gasteiger partial charge in [-0.25, -0.2) is 19.9 Å². The summed E-state index contributed by atoms with van der Waals surface area (Å²) in [7, 11) is 1.63. The van der Waals surface area contributed by atoms with E-state index < -0.39 is 5.97 Å². The summed E-state index contributed by atoms with van der Waals surface area (Å²) < 4.78 is 11.6. The lowest BCUT2D eigenvalue weighted by molar-refractivity contribution is -0.136. The van der Waals surface area contributed by atoms with E-state index in [-0.39, 0.29) is 26.2 Å². The van der Waals surface area contributed by atoms with Crippen LogP contribution in [0.4, 0.5) is 0 Å². The maximum absolute atomic E-state index is 11.7. The molecule has 282 valence electrons. The number of imidazole rings is 2. The smallest absolute Gasteiger partial charge is 0.307 e. The highest BCUT2D eigenvalue weighted by Crippen LogP contribution is 2.26. The molecule has 4 aromatic heterocycles. The minimum absolute atomic E-state index is 0. The van der Waals surface area contributed by atoms with Gasteiger partial charge in [-0.2, -0.15) is 0 Å². The standard InChI is InChI=1S/C22H20N4O2.C21H17N3O3.CH4/c1-23-19(27)13-17-11-12-24-22-20(17)25-21(26-22)16-7-9-18(10-8-16)28-14-15-5-3-2-4-6-15;25-18(26)12-16-10-11-22-21-19(16)23-20(24-21)15-6-8-17(9-7-15)27-13-14-4-2-1-3-5-14;/h2-12H,13-14H2,1H3,(H,23,27)(H,24,25,26);1-11H,12-13H2,(H,25,26)(H,22,23,24);1H4. The molecule has 4 aromatic carbocycles. The first kappa shape index (κ1) is 38.4. The van der Waals surface area contributed by atoms with E-state index in [1.165, 1.54) is 0 Å². The second-order valence-corrected chi connectivity index (χ2v) is 12.5. The molecule has 12 heteroatoms. The molecule has 0 saturated heterocycles. The number of pyridine rings is 2. The molecule has 0 bridgehead atoms. The molecule has 4 heterocycles. The fourth-order valence-corrected chi connectivity index (χ4v) is 5.82. The molecular formula is C44H41N7O5. The number of rotatable bonds is 12. The van der Waals surface area contributed by atoms with Gasteiger partial charge in [0, 0.05) is 30.6 Å². The molecule has 0 saturated carbocycles. The van der Waals surface area contributed by atoms with Crippen molar-refractivity contribution in [2.45, 2.75) is 33.5 Å². The van der Waals surface area contributed by atoms with Gasteiger partial charge in [0.05, 0.1) is 23.9 Å². The SMILES string of the molecule is C.CNC(=O)Cc1ccnc2nc(-c3ccc(OCc4ccccc4)cc3)[nH]c12.O=C(O)Cc1ccnc2nc(-c3ccc(OCc4ccccc4)cc3)[nH]c12. The Kier molecular flexibility index (Phi) is 12.4. The minimum atomic E-state index is -0.890. The first-order valence-electron chi connectivity index (χ1n) is 17.6. The van der Waals surface area contributed by atoms with Gasteiger partial charge in [0.1, 0.15) is 36.4 Å². The van der Waals surface area contributed by atoms with Gasteiger partial charge in [-0.1, -0.05) is 68.1 Å². The third-order valence-electron chi connectivity index (χ3n) is 8.68. The molecule has 0 atom stereocenters. The Morgan fingerprint density at radius 1 is 0.607 bits per heavy atom. The quantitative estimate of drug-likeness (QED) is 0.0969. The number of fused-ring (bicyclic) bond motifs is 2. The lowest BCUT2D eigenvalue weighted by atomic mass is 10.1. The summed E-state index contributed by atoms with van der Waals surface area (Å²) in [6.07, 6.45) is 3.45. The molecule has 4 N–H and O–H groups in total. The van der Waals surface area contributed by atoms with Crippen LogP contribution in [0.1, 0.15) is 29.7 Å². The van der Waals surface area contributed by atoms with Crippen molar-refractivity contribution >= 4 is 34.2 Å².